The third-order valence-corrected chi connectivity index (χ3v) is 3.46. The Hall–Kier alpha value is -2.34. The number of anilines is 1. The van der Waals surface area contributed by atoms with Crippen molar-refractivity contribution in [3.8, 4) is 5.88 Å². The first kappa shape index (κ1) is 13.6. The molecule has 0 fully saturated rings. The van der Waals surface area contributed by atoms with Gasteiger partial charge in [-0.25, -0.2) is 14.4 Å². The Morgan fingerprint density at radius 3 is 2.95 bits per heavy atom. The van der Waals surface area contributed by atoms with Gasteiger partial charge in [-0.1, -0.05) is 11.6 Å². The zero-order valence-corrected chi connectivity index (χ0v) is 11.9. The average molecular weight is 307 g/mol. The van der Waals surface area contributed by atoms with Crippen molar-refractivity contribution in [2.45, 2.75) is 6.54 Å². The second-order valence-corrected chi connectivity index (χ2v) is 4.92. The van der Waals surface area contributed by atoms with E-state index in [1.54, 1.807) is 23.9 Å². The summed E-state index contributed by atoms with van der Waals surface area (Å²) in [6.07, 6.45) is 1.65. The molecular formula is C14H12ClFN4O. The van der Waals surface area contributed by atoms with E-state index >= 15 is 0 Å². The number of hydrogen-bond acceptors (Lipinski definition) is 4. The molecule has 3 aromatic rings. The molecule has 0 saturated carbocycles. The van der Waals surface area contributed by atoms with Crippen molar-refractivity contribution in [3.05, 3.63) is 46.9 Å². The van der Waals surface area contributed by atoms with Crippen LogP contribution in [0.4, 0.5) is 10.3 Å². The molecule has 2 N–H and O–H groups in total. The van der Waals surface area contributed by atoms with Crippen molar-refractivity contribution in [1.82, 2.24) is 14.5 Å². The molecular weight excluding hydrogens is 295 g/mol. The molecule has 0 radical (unpaired) electrons. The molecule has 0 aliphatic heterocycles. The summed E-state index contributed by atoms with van der Waals surface area (Å²) in [7, 11) is 1.55. The van der Waals surface area contributed by atoms with E-state index in [1.807, 2.05) is 6.07 Å². The lowest BCUT2D eigenvalue weighted by molar-refractivity contribution is 0.397. The van der Waals surface area contributed by atoms with Crippen molar-refractivity contribution in [2.75, 3.05) is 12.8 Å². The molecule has 0 bridgehead atoms. The van der Waals surface area contributed by atoms with Crippen LogP contribution in [0.3, 0.4) is 0 Å². The molecule has 0 atom stereocenters. The highest BCUT2D eigenvalue weighted by Crippen LogP contribution is 2.25. The Bertz CT molecular complexity index is 818. The summed E-state index contributed by atoms with van der Waals surface area (Å²) in [4.78, 5) is 8.20. The van der Waals surface area contributed by atoms with E-state index in [0.29, 0.717) is 29.4 Å². The van der Waals surface area contributed by atoms with Crippen LogP contribution in [0, 0.1) is 5.82 Å². The van der Waals surface area contributed by atoms with Crippen molar-refractivity contribution >= 4 is 28.6 Å². The van der Waals surface area contributed by atoms with Gasteiger partial charge in [0.2, 0.25) is 11.8 Å². The smallest absolute Gasteiger partial charge is 0.213 e. The number of halogens is 2. The second kappa shape index (κ2) is 5.21. The van der Waals surface area contributed by atoms with Crippen molar-refractivity contribution in [3.63, 3.8) is 0 Å². The number of fused-ring (bicyclic) bond motifs is 1. The largest absolute Gasteiger partial charge is 0.481 e. The van der Waals surface area contributed by atoms with E-state index in [-0.39, 0.29) is 5.02 Å². The maximum atomic E-state index is 13.5. The number of nitrogen functional groups attached to an aromatic ring is 1. The van der Waals surface area contributed by atoms with Crippen molar-refractivity contribution < 1.29 is 9.13 Å². The van der Waals surface area contributed by atoms with Crippen LogP contribution in [0.15, 0.2) is 30.5 Å². The average Bonchev–Trinajstić information content (AvgIpc) is 2.76. The van der Waals surface area contributed by atoms with E-state index in [1.165, 1.54) is 12.1 Å². The highest BCUT2D eigenvalue weighted by molar-refractivity contribution is 6.31. The van der Waals surface area contributed by atoms with Gasteiger partial charge >= 0.3 is 0 Å². The van der Waals surface area contributed by atoms with E-state index in [9.17, 15) is 4.39 Å². The highest BCUT2D eigenvalue weighted by atomic mass is 35.5. The van der Waals surface area contributed by atoms with Crippen LogP contribution in [-0.4, -0.2) is 21.6 Å². The minimum atomic E-state index is -0.514. The molecule has 0 aliphatic carbocycles. The lowest BCUT2D eigenvalue weighted by Crippen LogP contribution is -2.05. The van der Waals surface area contributed by atoms with Gasteiger partial charge in [0.1, 0.15) is 5.82 Å². The van der Waals surface area contributed by atoms with E-state index in [4.69, 9.17) is 22.1 Å². The SMILES string of the molecule is COc1cc(Cn2c(N)nc3cc(F)c(Cl)cc32)ccn1. The minimum absolute atomic E-state index is 0.0379. The van der Waals surface area contributed by atoms with Crippen LogP contribution < -0.4 is 10.5 Å². The summed E-state index contributed by atoms with van der Waals surface area (Å²) in [5, 5.41) is 0.0379. The lowest BCUT2D eigenvalue weighted by Gasteiger charge is -2.08. The maximum absolute atomic E-state index is 13.5. The molecule has 0 saturated heterocycles. The normalized spacial score (nSPS) is 11.0. The monoisotopic (exact) mass is 306 g/mol. The van der Waals surface area contributed by atoms with E-state index in [2.05, 4.69) is 9.97 Å². The first-order valence-electron chi connectivity index (χ1n) is 6.18. The number of aromatic nitrogens is 3. The zero-order valence-electron chi connectivity index (χ0n) is 11.2. The lowest BCUT2D eigenvalue weighted by atomic mass is 10.2. The standard InChI is InChI=1S/C14H12ClFN4O/c1-21-13-4-8(2-3-18-13)7-20-12-5-9(15)10(16)6-11(12)19-14(20)17/h2-6H,7H2,1H3,(H2,17,19). The Morgan fingerprint density at radius 2 is 2.19 bits per heavy atom. The molecule has 3 rings (SSSR count). The third-order valence-electron chi connectivity index (χ3n) is 3.17. The van der Waals surface area contributed by atoms with Gasteiger partial charge in [-0.15, -0.1) is 0 Å². The molecule has 0 spiro atoms. The van der Waals surface area contributed by atoms with Crippen LogP contribution in [0.1, 0.15) is 5.56 Å². The molecule has 7 heteroatoms. The summed E-state index contributed by atoms with van der Waals surface area (Å²) in [6, 6.07) is 6.45. The minimum Gasteiger partial charge on any atom is -0.481 e. The number of ether oxygens (including phenoxy) is 1. The van der Waals surface area contributed by atoms with Gasteiger partial charge in [-0.05, 0) is 17.7 Å². The predicted molar refractivity (Wildman–Crippen MR) is 79.0 cm³/mol. The number of rotatable bonds is 3. The first-order chi connectivity index (χ1) is 10.1. The summed E-state index contributed by atoms with van der Waals surface area (Å²) in [5.41, 5.74) is 7.99. The number of methoxy groups -OCH3 is 1. The number of nitrogens with zero attached hydrogens (tertiary/aromatic N) is 3. The summed E-state index contributed by atoms with van der Waals surface area (Å²) >= 11 is 5.83. The van der Waals surface area contributed by atoms with E-state index in [0.717, 1.165) is 5.56 Å². The maximum Gasteiger partial charge on any atom is 0.213 e. The number of imidazole rings is 1. The third kappa shape index (κ3) is 2.50. The fourth-order valence-electron chi connectivity index (χ4n) is 2.15. The number of pyridine rings is 1. The number of hydrogen-bond donors (Lipinski definition) is 1. The van der Waals surface area contributed by atoms with Crippen molar-refractivity contribution in [1.29, 1.82) is 0 Å². The van der Waals surface area contributed by atoms with Gasteiger partial charge in [0, 0.05) is 18.3 Å². The Kier molecular flexibility index (Phi) is 3.39. The highest BCUT2D eigenvalue weighted by Gasteiger charge is 2.12. The Morgan fingerprint density at radius 1 is 1.38 bits per heavy atom. The molecule has 2 aromatic heterocycles. The number of benzene rings is 1. The molecule has 2 heterocycles. The fraction of sp³-hybridized carbons (Fsp3) is 0.143. The van der Waals surface area contributed by atoms with Gasteiger partial charge < -0.3 is 15.0 Å². The topological polar surface area (TPSA) is 66.0 Å². The predicted octanol–water partition coefficient (Wildman–Crippen LogP) is 2.86. The quantitative estimate of drug-likeness (QED) is 0.808. The van der Waals surface area contributed by atoms with Gasteiger partial charge in [0.15, 0.2) is 0 Å². The molecule has 21 heavy (non-hydrogen) atoms. The van der Waals surface area contributed by atoms with Crippen LogP contribution >= 0.6 is 11.6 Å². The molecule has 5 nitrogen and oxygen atoms in total. The molecule has 0 aliphatic rings. The van der Waals surface area contributed by atoms with E-state index < -0.39 is 5.82 Å². The van der Waals surface area contributed by atoms with Crippen LogP contribution in [-0.2, 0) is 6.54 Å². The van der Waals surface area contributed by atoms with Crippen LogP contribution in [0.5, 0.6) is 5.88 Å². The van der Waals surface area contributed by atoms with Gasteiger partial charge in [-0.3, -0.25) is 0 Å². The molecule has 1 aromatic carbocycles. The Balaban J connectivity index is 2.07. The Labute approximate surface area is 125 Å². The summed E-state index contributed by atoms with van der Waals surface area (Å²) < 4.78 is 20.3. The molecule has 0 unspecified atom stereocenters. The summed E-state index contributed by atoms with van der Waals surface area (Å²) in [5.74, 6) is 0.293. The zero-order chi connectivity index (χ0) is 15.0. The molecule has 108 valence electrons. The second-order valence-electron chi connectivity index (χ2n) is 4.52. The first-order valence-corrected chi connectivity index (χ1v) is 6.56. The number of nitrogens with two attached hydrogens (primary N) is 1. The fourth-order valence-corrected chi connectivity index (χ4v) is 2.31. The van der Waals surface area contributed by atoms with Crippen LogP contribution in [0.2, 0.25) is 5.02 Å². The summed E-state index contributed by atoms with van der Waals surface area (Å²) in [6.45, 7) is 0.461. The molecule has 0 amide bonds. The van der Waals surface area contributed by atoms with Crippen molar-refractivity contribution in [2.24, 2.45) is 0 Å². The van der Waals surface area contributed by atoms with Gasteiger partial charge in [-0.2, -0.15) is 0 Å². The van der Waals surface area contributed by atoms with Gasteiger partial charge in [0.25, 0.3) is 0 Å². The van der Waals surface area contributed by atoms with Crippen LogP contribution in [0.25, 0.3) is 11.0 Å². The van der Waals surface area contributed by atoms with Gasteiger partial charge in [0.05, 0.1) is 29.7 Å².